The minimum atomic E-state index is -0.557. The number of esters is 1. The third-order valence-electron chi connectivity index (χ3n) is 5.22. The van der Waals surface area contributed by atoms with Crippen LogP contribution in [0.5, 0.6) is 0 Å². The minimum absolute atomic E-state index is 0.0660. The Hall–Kier alpha value is -2.60. The van der Waals surface area contributed by atoms with Crippen molar-refractivity contribution in [2.75, 3.05) is 7.11 Å². The number of aryl methyl sites for hydroxylation is 1. The number of benzene rings is 1. The molecule has 0 amide bonds. The molecular weight excluding hydrogens is 370 g/mol. The van der Waals surface area contributed by atoms with Gasteiger partial charge in [0.15, 0.2) is 0 Å². The Morgan fingerprint density at radius 3 is 2.79 bits per heavy atom. The van der Waals surface area contributed by atoms with E-state index in [1.165, 1.54) is 18.4 Å². The average Bonchev–Trinajstić information content (AvgIpc) is 3.31. The van der Waals surface area contributed by atoms with Crippen molar-refractivity contribution in [2.24, 2.45) is 17.8 Å². The lowest BCUT2D eigenvalue weighted by Crippen LogP contribution is -2.19. The lowest BCUT2D eigenvalue weighted by atomic mass is 9.85. The maximum absolute atomic E-state index is 11.6. The van der Waals surface area contributed by atoms with Crippen molar-refractivity contribution in [1.82, 2.24) is 0 Å². The molecule has 0 radical (unpaired) electrons. The molecule has 0 saturated heterocycles. The first kappa shape index (κ1) is 20.1. The predicted molar refractivity (Wildman–Crippen MR) is 109 cm³/mol. The first-order valence-electron chi connectivity index (χ1n) is 9.43. The van der Waals surface area contributed by atoms with Crippen LogP contribution in [0.3, 0.4) is 0 Å². The molecule has 144 valence electrons. The van der Waals surface area contributed by atoms with Crippen molar-refractivity contribution in [3.63, 3.8) is 0 Å². The Balaban J connectivity index is 1.64. The van der Waals surface area contributed by atoms with E-state index in [1.54, 1.807) is 6.07 Å². The topological polar surface area (TPSA) is 70.3 Å². The molecule has 1 saturated carbocycles. The van der Waals surface area contributed by atoms with Gasteiger partial charge in [0.2, 0.25) is 0 Å². The van der Waals surface area contributed by atoms with Gasteiger partial charge in [-0.25, -0.2) is 4.79 Å². The standard InChI is InChI=1S/C23H23NO3S/c1-27-23(26)22-13-11-18(28-22)8-5-9-19-17(15-24)14-21(25)20(19)12-10-16-6-3-2-4-7-16/h2-4,6-7,11,13,17,19-21,25H,5,8-9,14H2,1H3/t17-,19-,20+,21+/m0/s1. The molecule has 1 N–H and O–H groups in total. The Kier molecular flexibility index (Phi) is 6.87. The predicted octanol–water partition coefficient (Wildman–Crippen LogP) is 4.05. The zero-order valence-electron chi connectivity index (χ0n) is 15.8. The van der Waals surface area contributed by atoms with E-state index in [-0.39, 0.29) is 23.7 Å². The Morgan fingerprint density at radius 2 is 2.07 bits per heavy atom. The van der Waals surface area contributed by atoms with E-state index in [2.05, 4.69) is 17.9 Å². The molecule has 1 fully saturated rings. The molecule has 0 unspecified atom stereocenters. The summed E-state index contributed by atoms with van der Waals surface area (Å²) >= 11 is 1.45. The van der Waals surface area contributed by atoms with Crippen LogP contribution in [0, 0.1) is 40.9 Å². The largest absolute Gasteiger partial charge is 0.465 e. The monoisotopic (exact) mass is 393 g/mol. The number of methoxy groups -OCH3 is 1. The van der Waals surface area contributed by atoms with Crippen molar-refractivity contribution in [3.8, 4) is 17.9 Å². The number of ether oxygens (including phenoxy) is 1. The molecule has 0 aliphatic heterocycles. The average molecular weight is 394 g/mol. The molecule has 28 heavy (non-hydrogen) atoms. The number of hydrogen-bond acceptors (Lipinski definition) is 5. The van der Waals surface area contributed by atoms with E-state index in [4.69, 9.17) is 4.74 Å². The molecular formula is C23H23NO3S. The number of rotatable bonds is 5. The van der Waals surface area contributed by atoms with Gasteiger partial charge in [0, 0.05) is 10.4 Å². The summed E-state index contributed by atoms with van der Waals surface area (Å²) in [5.74, 6) is 5.79. The van der Waals surface area contributed by atoms with Gasteiger partial charge in [-0.3, -0.25) is 0 Å². The first-order valence-corrected chi connectivity index (χ1v) is 10.3. The van der Waals surface area contributed by atoms with Crippen LogP contribution in [-0.2, 0) is 11.2 Å². The maximum Gasteiger partial charge on any atom is 0.348 e. The third-order valence-corrected chi connectivity index (χ3v) is 6.34. The Labute approximate surface area is 169 Å². The second kappa shape index (κ2) is 9.55. The van der Waals surface area contributed by atoms with E-state index in [0.29, 0.717) is 11.3 Å². The Morgan fingerprint density at radius 1 is 1.29 bits per heavy atom. The van der Waals surface area contributed by atoms with E-state index < -0.39 is 6.10 Å². The van der Waals surface area contributed by atoms with Crippen LogP contribution < -0.4 is 0 Å². The Bertz CT molecular complexity index is 903. The fourth-order valence-electron chi connectivity index (χ4n) is 3.77. The van der Waals surface area contributed by atoms with E-state index in [0.717, 1.165) is 29.7 Å². The molecule has 4 atom stereocenters. The van der Waals surface area contributed by atoms with Crippen LogP contribution >= 0.6 is 11.3 Å². The molecule has 0 bridgehead atoms. The number of hydrogen-bond donors (Lipinski definition) is 1. The molecule has 1 aromatic heterocycles. The fraction of sp³-hybridized carbons (Fsp3) is 0.391. The molecule has 1 aliphatic rings. The molecule has 1 aromatic carbocycles. The highest BCUT2D eigenvalue weighted by Crippen LogP contribution is 2.40. The van der Waals surface area contributed by atoms with Crippen molar-refractivity contribution in [1.29, 1.82) is 5.26 Å². The number of carbonyl (C=O) groups excluding carboxylic acids is 1. The van der Waals surface area contributed by atoms with Crippen LogP contribution in [0.1, 0.15) is 39.4 Å². The summed E-state index contributed by atoms with van der Waals surface area (Å²) in [6, 6.07) is 15.8. The smallest absolute Gasteiger partial charge is 0.348 e. The number of nitrogens with zero attached hydrogens (tertiary/aromatic N) is 1. The van der Waals surface area contributed by atoms with E-state index in [9.17, 15) is 15.2 Å². The summed E-state index contributed by atoms with van der Waals surface area (Å²) in [4.78, 5) is 13.3. The fourth-order valence-corrected chi connectivity index (χ4v) is 4.74. The van der Waals surface area contributed by atoms with Gasteiger partial charge >= 0.3 is 5.97 Å². The number of nitriles is 1. The van der Waals surface area contributed by atoms with Gasteiger partial charge in [0.25, 0.3) is 0 Å². The maximum atomic E-state index is 11.6. The van der Waals surface area contributed by atoms with Crippen LogP contribution in [0.25, 0.3) is 0 Å². The second-order valence-corrected chi connectivity index (χ2v) is 8.18. The normalized spacial score (nSPS) is 23.5. The van der Waals surface area contributed by atoms with Gasteiger partial charge in [-0.2, -0.15) is 5.26 Å². The summed E-state index contributed by atoms with van der Waals surface area (Å²) < 4.78 is 4.75. The summed E-state index contributed by atoms with van der Waals surface area (Å²) in [5.41, 5.74) is 0.919. The van der Waals surface area contributed by atoms with Crippen molar-refractivity contribution in [3.05, 3.63) is 57.8 Å². The van der Waals surface area contributed by atoms with Gasteiger partial charge in [0.1, 0.15) is 4.88 Å². The van der Waals surface area contributed by atoms with Gasteiger partial charge in [0.05, 0.1) is 31.1 Å². The van der Waals surface area contributed by atoms with Crippen LogP contribution in [0.2, 0.25) is 0 Å². The number of aliphatic hydroxyl groups excluding tert-OH is 1. The second-order valence-electron chi connectivity index (χ2n) is 7.01. The number of carbonyl (C=O) groups is 1. The molecule has 5 heteroatoms. The summed E-state index contributed by atoms with van der Waals surface area (Å²) in [6.45, 7) is 0. The van der Waals surface area contributed by atoms with Gasteiger partial charge in [-0.05, 0) is 55.9 Å². The van der Waals surface area contributed by atoms with Crippen LogP contribution in [0.15, 0.2) is 42.5 Å². The molecule has 1 aliphatic carbocycles. The van der Waals surface area contributed by atoms with Crippen molar-refractivity contribution < 1.29 is 14.6 Å². The number of aliphatic hydroxyl groups is 1. The lowest BCUT2D eigenvalue weighted by molar-refractivity contribution is 0.0606. The third kappa shape index (κ3) is 4.81. The SMILES string of the molecule is COC(=O)c1ccc(CCC[C@@H]2[C@@H](C#Cc3ccccc3)[C@H](O)C[C@H]2C#N)s1. The number of thiophene rings is 1. The van der Waals surface area contributed by atoms with Gasteiger partial charge < -0.3 is 9.84 Å². The molecule has 0 spiro atoms. The summed E-state index contributed by atoms with van der Waals surface area (Å²) in [6.07, 6.45) is 2.49. The van der Waals surface area contributed by atoms with Crippen LogP contribution in [0.4, 0.5) is 0 Å². The lowest BCUT2D eigenvalue weighted by Gasteiger charge is -2.18. The highest BCUT2D eigenvalue weighted by atomic mass is 32.1. The van der Waals surface area contributed by atoms with Crippen molar-refractivity contribution >= 4 is 17.3 Å². The summed E-state index contributed by atoms with van der Waals surface area (Å²) in [7, 11) is 1.38. The van der Waals surface area contributed by atoms with Gasteiger partial charge in [-0.1, -0.05) is 30.0 Å². The molecule has 4 nitrogen and oxygen atoms in total. The highest BCUT2D eigenvalue weighted by Gasteiger charge is 2.41. The molecule has 3 rings (SSSR count). The highest BCUT2D eigenvalue weighted by molar-refractivity contribution is 7.13. The summed E-state index contributed by atoms with van der Waals surface area (Å²) in [5, 5.41) is 20.0. The van der Waals surface area contributed by atoms with E-state index in [1.807, 2.05) is 36.4 Å². The molecule has 1 heterocycles. The van der Waals surface area contributed by atoms with Crippen molar-refractivity contribution in [2.45, 2.75) is 31.8 Å². The quantitative estimate of drug-likeness (QED) is 0.615. The van der Waals surface area contributed by atoms with Gasteiger partial charge in [-0.15, -0.1) is 11.3 Å². The minimum Gasteiger partial charge on any atom is -0.465 e. The first-order chi connectivity index (χ1) is 13.6. The zero-order valence-corrected chi connectivity index (χ0v) is 16.6. The zero-order chi connectivity index (χ0) is 19.9. The van der Waals surface area contributed by atoms with Crippen LogP contribution in [-0.4, -0.2) is 24.3 Å². The van der Waals surface area contributed by atoms with E-state index >= 15 is 0 Å². The molecule has 2 aromatic rings.